The van der Waals surface area contributed by atoms with E-state index in [2.05, 4.69) is 44.8 Å². The molecule has 108 valence electrons. The lowest BCUT2D eigenvalue weighted by Crippen LogP contribution is -2.67. The summed E-state index contributed by atoms with van der Waals surface area (Å²) in [7, 11) is -0.406. The fourth-order valence-corrected chi connectivity index (χ4v) is 4.02. The predicted octanol–water partition coefficient (Wildman–Crippen LogP) is 1.48. The Morgan fingerprint density at radius 3 is 2.10 bits per heavy atom. The van der Waals surface area contributed by atoms with Gasteiger partial charge in [0.05, 0.1) is 22.9 Å². The van der Waals surface area contributed by atoms with Crippen molar-refractivity contribution in [2.24, 2.45) is 5.41 Å². The quantitative estimate of drug-likeness (QED) is 0.767. The molecule has 5 nitrogen and oxygen atoms in total. The van der Waals surface area contributed by atoms with Gasteiger partial charge in [0.15, 0.2) is 0 Å². The Hall–Kier alpha value is -0.875. The number of rotatable bonds is 2. The monoisotopic (exact) mass is 275 g/mol. The maximum absolute atomic E-state index is 6.02. The number of hydrogen-bond donors (Lipinski definition) is 0. The highest BCUT2D eigenvalue weighted by molar-refractivity contribution is 6.61. The summed E-state index contributed by atoms with van der Waals surface area (Å²) in [6.45, 7) is 10.6. The van der Waals surface area contributed by atoms with Crippen LogP contribution in [-0.4, -0.2) is 33.3 Å². The molecule has 0 aromatic carbocycles. The van der Waals surface area contributed by atoms with Crippen LogP contribution in [0.2, 0.25) is 0 Å². The van der Waals surface area contributed by atoms with Crippen molar-refractivity contribution in [2.75, 3.05) is 0 Å². The molecule has 1 aromatic rings. The molecule has 0 unspecified atom stereocenters. The summed E-state index contributed by atoms with van der Waals surface area (Å²) in [6.07, 6.45) is 5.41. The van der Waals surface area contributed by atoms with Gasteiger partial charge >= 0.3 is 7.12 Å². The van der Waals surface area contributed by atoms with E-state index in [4.69, 9.17) is 9.31 Å². The Morgan fingerprint density at radius 1 is 1.05 bits per heavy atom. The maximum Gasteiger partial charge on any atom is 0.518 e. The summed E-state index contributed by atoms with van der Waals surface area (Å²) in [4.78, 5) is 1.90. The van der Waals surface area contributed by atoms with Gasteiger partial charge in [0.2, 0.25) is 0 Å². The Morgan fingerprint density at radius 2 is 1.60 bits per heavy atom. The fourth-order valence-electron chi connectivity index (χ4n) is 4.02. The van der Waals surface area contributed by atoms with Crippen LogP contribution in [0, 0.1) is 5.41 Å². The largest absolute Gasteiger partial charge is 0.518 e. The van der Waals surface area contributed by atoms with Crippen molar-refractivity contribution in [3.8, 4) is 0 Å². The van der Waals surface area contributed by atoms with Gasteiger partial charge in [-0.1, -0.05) is 6.92 Å². The average Bonchev–Trinajstić information content (AvgIpc) is 2.77. The van der Waals surface area contributed by atoms with E-state index in [0.717, 1.165) is 5.59 Å². The average molecular weight is 275 g/mol. The van der Waals surface area contributed by atoms with Crippen molar-refractivity contribution >= 4 is 12.7 Å². The van der Waals surface area contributed by atoms with E-state index in [1.165, 1.54) is 19.3 Å². The van der Waals surface area contributed by atoms with Crippen LogP contribution in [0.3, 0.4) is 0 Å². The molecule has 2 bridgehead atoms. The van der Waals surface area contributed by atoms with E-state index in [1.807, 2.05) is 4.80 Å². The van der Waals surface area contributed by atoms with Gasteiger partial charge in [0.25, 0.3) is 0 Å². The van der Waals surface area contributed by atoms with Gasteiger partial charge in [0.1, 0.15) is 5.59 Å². The van der Waals surface area contributed by atoms with E-state index in [1.54, 1.807) is 6.20 Å². The number of aromatic nitrogens is 3. The van der Waals surface area contributed by atoms with Gasteiger partial charge in [0, 0.05) is 0 Å². The lowest BCUT2D eigenvalue weighted by Gasteiger charge is -2.68. The maximum atomic E-state index is 6.02. The smallest absolute Gasteiger partial charge is 0.398 e. The van der Waals surface area contributed by atoms with Gasteiger partial charge in [-0.3, -0.25) is 0 Å². The lowest BCUT2D eigenvalue weighted by molar-refractivity contribution is -0.187. The molecule has 3 aliphatic carbocycles. The molecule has 6 heteroatoms. The first-order valence-electron chi connectivity index (χ1n) is 7.43. The summed E-state index contributed by atoms with van der Waals surface area (Å²) < 4.78 is 12.0. The Labute approximate surface area is 120 Å². The van der Waals surface area contributed by atoms with Gasteiger partial charge in [-0.2, -0.15) is 15.0 Å². The molecule has 1 aromatic heterocycles. The third-order valence-corrected chi connectivity index (χ3v) is 5.70. The minimum atomic E-state index is -0.406. The van der Waals surface area contributed by atoms with Crippen molar-refractivity contribution in [2.45, 2.75) is 70.6 Å². The zero-order valence-electron chi connectivity index (χ0n) is 12.9. The van der Waals surface area contributed by atoms with E-state index in [-0.39, 0.29) is 16.7 Å². The molecule has 3 saturated carbocycles. The Kier molecular flexibility index (Phi) is 2.12. The molecule has 0 atom stereocenters. The minimum Gasteiger partial charge on any atom is -0.398 e. The van der Waals surface area contributed by atoms with E-state index >= 15 is 0 Å². The summed E-state index contributed by atoms with van der Waals surface area (Å²) >= 11 is 0. The topological polar surface area (TPSA) is 49.2 Å². The van der Waals surface area contributed by atoms with Gasteiger partial charge in [-0.05, 0) is 52.4 Å². The molecule has 1 aliphatic heterocycles. The summed E-state index contributed by atoms with van der Waals surface area (Å²) in [5, 5.41) is 9.11. The first-order chi connectivity index (χ1) is 9.15. The molecule has 0 radical (unpaired) electrons. The molecular weight excluding hydrogens is 253 g/mol. The molecular formula is C14H22BN3O2. The van der Waals surface area contributed by atoms with Crippen LogP contribution in [-0.2, 0) is 14.8 Å². The third-order valence-electron chi connectivity index (χ3n) is 5.70. The lowest BCUT2D eigenvalue weighted by atomic mass is 9.40. The molecule has 1 saturated heterocycles. The molecule has 0 N–H and O–H groups in total. The van der Waals surface area contributed by atoms with E-state index < -0.39 is 7.12 Å². The molecule has 4 aliphatic rings. The highest BCUT2D eigenvalue weighted by atomic mass is 16.7. The molecule has 0 spiro atoms. The van der Waals surface area contributed by atoms with Crippen LogP contribution in [0.5, 0.6) is 0 Å². The van der Waals surface area contributed by atoms with Crippen molar-refractivity contribution in [3.05, 3.63) is 6.20 Å². The molecule has 20 heavy (non-hydrogen) atoms. The van der Waals surface area contributed by atoms with Crippen molar-refractivity contribution < 1.29 is 9.31 Å². The van der Waals surface area contributed by atoms with Crippen molar-refractivity contribution in [1.82, 2.24) is 15.0 Å². The zero-order chi connectivity index (χ0) is 14.4. The molecule has 2 heterocycles. The first kappa shape index (κ1) is 12.8. The standard InChI is InChI=1S/C14H22BN3O2/c1-11(2)12(3,4)20-15(19-11)10-6-16-18(17-10)14-7-13(5,8-14)9-14/h6H,7-9H2,1-5H3. The second-order valence-corrected chi connectivity index (χ2v) is 8.21. The zero-order valence-corrected chi connectivity index (χ0v) is 12.9. The highest BCUT2D eigenvalue weighted by Gasteiger charge is 2.67. The van der Waals surface area contributed by atoms with Crippen LogP contribution in [0.4, 0.5) is 0 Å². The first-order valence-corrected chi connectivity index (χ1v) is 7.43. The molecule has 0 amide bonds. The normalized spacial score (nSPS) is 40.4. The Bertz CT molecular complexity index is 545. The van der Waals surface area contributed by atoms with Crippen LogP contribution < -0.4 is 5.59 Å². The second kappa shape index (κ2) is 3.30. The molecule has 4 fully saturated rings. The molecule has 5 rings (SSSR count). The highest BCUT2D eigenvalue weighted by Crippen LogP contribution is 2.70. The van der Waals surface area contributed by atoms with E-state index in [0.29, 0.717) is 5.41 Å². The third kappa shape index (κ3) is 1.47. The van der Waals surface area contributed by atoms with Crippen molar-refractivity contribution in [1.29, 1.82) is 0 Å². The number of hydrogen-bond acceptors (Lipinski definition) is 4. The summed E-state index contributed by atoms with van der Waals surface area (Å²) in [6, 6.07) is 0. The van der Waals surface area contributed by atoms with E-state index in [9.17, 15) is 0 Å². The van der Waals surface area contributed by atoms with Gasteiger partial charge in [-0.15, -0.1) is 0 Å². The van der Waals surface area contributed by atoms with Crippen LogP contribution in [0.1, 0.15) is 53.9 Å². The minimum absolute atomic E-state index is 0.191. The van der Waals surface area contributed by atoms with Crippen LogP contribution in [0.25, 0.3) is 0 Å². The SMILES string of the molecule is CC12CC(n3ncc(B4OC(C)(C)C(C)(C)O4)n3)(C1)C2. The van der Waals surface area contributed by atoms with Gasteiger partial charge in [-0.25, -0.2) is 0 Å². The summed E-state index contributed by atoms with van der Waals surface area (Å²) in [5.41, 5.74) is 0.879. The van der Waals surface area contributed by atoms with Crippen LogP contribution in [0.15, 0.2) is 6.20 Å². The van der Waals surface area contributed by atoms with Crippen LogP contribution >= 0.6 is 0 Å². The van der Waals surface area contributed by atoms with Crippen molar-refractivity contribution in [3.63, 3.8) is 0 Å². The predicted molar refractivity (Wildman–Crippen MR) is 75.7 cm³/mol. The summed E-state index contributed by atoms with van der Waals surface area (Å²) in [5.74, 6) is 0. The fraction of sp³-hybridized carbons (Fsp3) is 0.857. The second-order valence-electron chi connectivity index (χ2n) is 8.21. The Balaban J connectivity index is 1.55. The van der Waals surface area contributed by atoms with Gasteiger partial charge < -0.3 is 9.31 Å². The number of nitrogens with zero attached hydrogens (tertiary/aromatic N) is 3.